The Morgan fingerprint density at radius 2 is 1.71 bits per heavy atom. The number of rotatable bonds is 5. The zero-order valence-electron chi connectivity index (χ0n) is 15.9. The van der Waals surface area contributed by atoms with Gasteiger partial charge in [0.25, 0.3) is 5.91 Å². The molecule has 1 saturated heterocycles. The largest absolute Gasteiger partial charge is 0.345 e. The molecule has 0 unspecified atom stereocenters. The molecule has 0 spiro atoms. The number of aryl methyl sites for hydroxylation is 1. The Morgan fingerprint density at radius 3 is 2.46 bits per heavy atom. The first-order valence-corrected chi connectivity index (χ1v) is 11.6. The molecule has 1 amide bonds. The van der Waals surface area contributed by atoms with Gasteiger partial charge in [0.05, 0.1) is 11.8 Å². The van der Waals surface area contributed by atoms with E-state index in [2.05, 4.69) is 17.4 Å². The molecule has 6 heteroatoms. The van der Waals surface area contributed by atoms with Crippen LogP contribution >= 0.6 is 0 Å². The third kappa shape index (κ3) is 4.13. The van der Waals surface area contributed by atoms with Crippen LogP contribution in [0.5, 0.6) is 0 Å². The third-order valence-electron chi connectivity index (χ3n) is 5.70. The van der Waals surface area contributed by atoms with Crippen molar-refractivity contribution in [1.29, 1.82) is 0 Å². The van der Waals surface area contributed by atoms with Gasteiger partial charge in [-0.3, -0.25) is 4.79 Å². The van der Waals surface area contributed by atoms with E-state index in [0.29, 0.717) is 24.2 Å². The number of nitrogens with one attached hydrogen (secondary N) is 1. The Morgan fingerprint density at radius 1 is 1.00 bits per heavy atom. The van der Waals surface area contributed by atoms with Gasteiger partial charge in [-0.1, -0.05) is 36.4 Å². The van der Waals surface area contributed by atoms with Crippen LogP contribution in [0.15, 0.2) is 48.5 Å². The molecule has 0 radical (unpaired) electrons. The fraction of sp³-hybridized carbons (Fsp3) is 0.409. The van der Waals surface area contributed by atoms with Gasteiger partial charge in [-0.25, -0.2) is 12.7 Å². The van der Waals surface area contributed by atoms with Crippen molar-refractivity contribution in [2.24, 2.45) is 0 Å². The average Bonchev–Trinajstić information content (AvgIpc) is 3.24. The van der Waals surface area contributed by atoms with Gasteiger partial charge in [0.2, 0.25) is 10.0 Å². The number of hydrogen-bond acceptors (Lipinski definition) is 3. The Bertz CT molecular complexity index is 948. The second kappa shape index (κ2) is 8.05. The van der Waals surface area contributed by atoms with Crippen LogP contribution in [0.4, 0.5) is 0 Å². The van der Waals surface area contributed by atoms with Crippen LogP contribution < -0.4 is 5.32 Å². The van der Waals surface area contributed by atoms with Gasteiger partial charge < -0.3 is 5.32 Å². The van der Waals surface area contributed by atoms with Crippen LogP contribution in [0.3, 0.4) is 0 Å². The van der Waals surface area contributed by atoms with Crippen molar-refractivity contribution >= 4 is 15.9 Å². The SMILES string of the molecule is O=C(N[C@@H]1CCCc2ccccc21)c1ccc(CS(=O)(=O)N2CCCC2)cc1. The monoisotopic (exact) mass is 398 g/mol. The van der Waals surface area contributed by atoms with Crippen molar-refractivity contribution in [1.82, 2.24) is 9.62 Å². The summed E-state index contributed by atoms with van der Waals surface area (Å²) < 4.78 is 26.5. The molecule has 1 fully saturated rings. The molecule has 2 aromatic carbocycles. The summed E-state index contributed by atoms with van der Waals surface area (Å²) in [6.07, 6.45) is 4.93. The minimum atomic E-state index is -3.27. The molecule has 1 N–H and O–H groups in total. The third-order valence-corrected chi connectivity index (χ3v) is 7.55. The van der Waals surface area contributed by atoms with Gasteiger partial charge in [-0.2, -0.15) is 0 Å². The van der Waals surface area contributed by atoms with E-state index in [1.54, 1.807) is 28.6 Å². The van der Waals surface area contributed by atoms with E-state index in [1.165, 1.54) is 11.1 Å². The summed E-state index contributed by atoms with van der Waals surface area (Å²) in [6, 6.07) is 15.2. The molecular formula is C22H26N2O3S. The van der Waals surface area contributed by atoms with Crippen molar-refractivity contribution in [3.63, 3.8) is 0 Å². The number of amides is 1. The zero-order chi connectivity index (χ0) is 19.6. The molecule has 1 heterocycles. The summed E-state index contributed by atoms with van der Waals surface area (Å²) in [5.41, 5.74) is 3.79. The van der Waals surface area contributed by atoms with Crippen LogP contribution in [0.2, 0.25) is 0 Å². The van der Waals surface area contributed by atoms with Crippen molar-refractivity contribution in [2.45, 2.75) is 43.9 Å². The topological polar surface area (TPSA) is 66.5 Å². The van der Waals surface area contributed by atoms with Gasteiger partial charge >= 0.3 is 0 Å². The van der Waals surface area contributed by atoms with Crippen molar-refractivity contribution in [3.05, 3.63) is 70.8 Å². The summed E-state index contributed by atoms with van der Waals surface area (Å²) in [6.45, 7) is 1.23. The van der Waals surface area contributed by atoms with E-state index >= 15 is 0 Å². The summed E-state index contributed by atoms with van der Waals surface area (Å²) in [4.78, 5) is 12.7. The lowest BCUT2D eigenvalue weighted by molar-refractivity contribution is 0.0932. The molecule has 4 rings (SSSR count). The first-order chi connectivity index (χ1) is 13.5. The van der Waals surface area contributed by atoms with Gasteiger partial charge in [-0.05, 0) is 60.9 Å². The molecule has 0 bridgehead atoms. The highest BCUT2D eigenvalue weighted by Gasteiger charge is 2.26. The summed E-state index contributed by atoms with van der Waals surface area (Å²) >= 11 is 0. The molecule has 28 heavy (non-hydrogen) atoms. The number of nitrogens with zero attached hydrogens (tertiary/aromatic N) is 1. The zero-order valence-corrected chi connectivity index (χ0v) is 16.7. The molecule has 0 aromatic heterocycles. The number of benzene rings is 2. The van der Waals surface area contributed by atoms with Gasteiger partial charge in [0.1, 0.15) is 0 Å². The second-order valence-electron chi connectivity index (χ2n) is 7.68. The van der Waals surface area contributed by atoms with Crippen molar-refractivity contribution < 1.29 is 13.2 Å². The first-order valence-electron chi connectivity index (χ1n) is 9.98. The van der Waals surface area contributed by atoms with Crippen molar-refractivity contribution in [3.8, 4) is 0 Å². The predicted octanol–water partition coefficient (Wildman–Crippen LogP) is 3.42. The van der Waals surface area contributed by atoms with E-state index in [4.69, 9.17) is 0 Å². The quantitative estimate of drug-likeness (QED) is 0.839. The van der Waals surface area contributed by atoms with Crippen LogP contribution in [0.25, 0.3) is 0 Å². The molecule has 1 aliphatic heterocycles. The number of carbonyl (C=O) groups is 1. The van der Waals surface area contributed by atoms with Gasteiger partial charge in [0.15, 0.2) is 0 Å². The lowest BCUT2D eigenvalue weighted by Gasteiger charge is -2.26. The number of sulfonamides is 1. The van der Waals surface area contributed by atoms with Gasteiger partial charge in [0, 0.05) is 18.7 Å². The number of carbonyl (C=O) groups excluding carboxylic acids is 1. The summed E-state index contributed by atoms with van der Waals surface area (Å²) in [5, 5.41) is 3.14. The summed E-state index contributed by atoms with van der Waals surface area (Å²) in [5.74, 6) is -0.124. The highest BCUT2D eigenvalue weighted by atomic mass is 32.2. The molecule has 2 aromatic rings. The van der Waals surface area contributed by atoms with E-state index in [1.807, 2.05) is 12.1 Å². The Labute approximate surface area is 166 Å². The standard InChI is InChI=1S/C22H26N2O3S/c25-22(23-21-9-5-7-18-6-1-2-8-20(18)21)19-12-10-17(11-13-19)16-28(26,27)24-14-3-4-15-24/h1-2,6,8,10-13,21H,3-5,7,9,14-16H2,(H,23,25)/t21-/m1/s1. The predicted molar refractivity (Wildman–Crippen MR) is 109 cm³/mol. The molecule has 5 nitrogen and oxygen atoms in total. The normalized spacial score (nSPS) is 19.9. The van der Waals surface area contributed by atoms with E-state index in [-0.39, 0.29) is 17.7 Å². The molecule has 0 saturated carbocycles. The lowest BCUT2D eigenvalue weighted by Crippen LogP contribution is -2.31. The Hall–Kier alpha value is -2.18. The fourth-order valence-corrected chi connectivity index (χ4v) is 5.78. The van der Waals surface area contributed by atoms with Crippen LogP contribution in [-0.2, 0) is 22.2 Å². The van der Waals surface area contributed by atoms with E-state index in [0.717, 1.165) is 32.1 Å². The lowest BCUT2D eigenvalue weighted by atomic mass is 9.87. The van der Waals surface area contributed by atoms with Crippen LogP contribution in [-0.4, -0.2) is 31.7 Å². The maximum Gasteiger partial charge on any atom is 0.251 e. The highest BCUT2D eigenvalue weighted by Crippen LogP contribution is 2.29. The molecular weight excluding hydrogens is 372 g/mol. The van der Waals surface area contributed by atoms with Crippen molar-refractivity contribution in [2.75, 3.05) is 13.1 Å². The second-order valence-corrected chi connectivity index (χ2v) is 9.65. The number of fused-ring (bicyclic) bond motifs is 1. The fourth-order valence-electron chi connectivity index (χ4n) is 4.17. The maximum absolute atomic E-state index is 12.7. The van der Waals surface area contributed by atoms with Crippen LogP contribution in [0.1, 0.15) is 58.8 Å². The minimum absolute atomic E-state index is 0.00903. The van der Waals surface area contributed by atoms with E-state index in [9.17, 15) is 13.2 Å². The minimum Gasteiger partial charge on any atom is -0.345 e. The summed E-state index contributed by atoms with van der Waals surface area (Å²) in [7, 11) is -3.27. The van der Waals surface area contributed by atoms with Gasteiger partial charge in [-0.15, -0.1) is 0 Å². The average molecular weight is 399 g/mol. The smallest absolute Gasteiger partial charge is 0.251 e. The first kappa shape index (κ1) is 19.2. The molecule has 148 valence electrons. The maximum atomic E-state index is 12.7. The molecule has 1 atom stereocenters. The Kier molecular flexibility index (Phi) is 5.51. The van der Waals surface area contributed by atoms with E-state index < -0.39 is 10.0 Å². The Balaban J connectivity index is 1.42. The number of hydrogen-bond donors (Lipinski definition) is 1. The highest BCUT2D eigenvalue weighted by molar-refractivity contribution is 7.88. The van der Waals surface area contributed by atoms with Crippen LogP contribution in [0, 0.1) is 0 Å². The molecule has 2 aliphatic rings. The molecule has 1 aliphatic carbocycles.